The van der Waals surface area contributed by atoms with E-state index in [-0.39, 0.29) is 16.7 Å². The van der Waals surface area contributed by atoms with E-state index < -0.39 is 17.6 Å². The van der Waals surface area contributed by atoms with Crippen LogP contribution in [0.15, 0.2) is 47.3 Å². The van der Waals surface area contributed by atoms with Crippen molar-refractivity contribution in [3.63, 3.8) is 0 Å². The third kappa shape index (κ3) is 5.04. The zero-order valence-electron chi connectivity index (χ0n) is 16.7. The summed E-state index contributed by atoms with van der Waals surface area (Å²) in [4.78, 5) is 21.6. The van der Waals surface area contributed by atoms with Gasteiger partial charge in [0.15, 0.2) is 0 Å². The first kappa shape index (κ1) is 22.5. The minimum absolute atomic E-state index is 0.00526. The molecule has 4 rings (SSSR count). The maximum atomic E-state index is 13.1. The Labute approximate surface area is 190 Å². The van der Waals surface area contributed by atoms with E-state index in [1.54, 1.807) is 29.2 Å². The zero-order valence-corrected chi connectivity index (χ0v) is 18.3. The van der Waals surface area contributed by atoms with Gasteiger partial charge in [-0.05, 0) is 42.0 Å². The fraction of sp³-hybridized carbons (Fsp3) is 0.286. The van der Waals surface area contributed by atoms with E-state index in [0.717, 1.165) is 37.4 Å². The van der Waals surface area contributed by atoms with E-state index in [4.69, 9.17) is 12.2 Å². The number of aromatic amines is 1. The molecular formula is C21H18F4N4OS2. The molecule has 0 aliphatic carbocycles. The molecule has 0 bridgehead atoms. The summed E-state index contributed by atoms with van der Waals surface area (Å²) in [6.07, 6.45) is -4.71. The first-order valence-electron chi connectivity index (χ1n) is 9.73. The summed E-state index contributed by atoms with van der Waals surface area (Å²) >= 11 is 6.97. The molecule has 1 N–H and O–H groups in total. The van der Waals surface area contributed by atoms with E-state index >= 15 is 0 Å². The average Bonchev–Trinajstić information content (AvgIpc) is 2.77. The molecule has 3 aromatic rings. The maximum Gasteiger partial charge on any atom is 0.449 e. The van der Waals surface area contributed by atoms with Gasteiger partial charge in [-0.25, -0.2) is 9.37 Å². The molecule has 0 atom stereocenters. The van der Waals surface area contributed by atoms with Gasteiger partial charge in [0, 0.05) is 37.6 Å². The molecule has 0 amide bonds. The van der Waals surface area contributed by atoms with E-state index in [1.165, 1.54) is 30.0 Å². The van der Waals surface area contributed by atoms with E-state index in [2.05, 4.69) is 14.8 Å². The van der Waals surface area contributed by atoms with Gasteiger partial charge in [0.25, 0.3) is 5.56 Å². The van der Waals surface area contributed by atoms with Crippen LogP contribution in [0.3, 0.4) is 0 Å². The van der Waals surface area contributed by atoms with Crippen molar-refractivity contribution >= 4 is 44.9 Å². The summed E-state index contributed by atoms with van der Waals surface area (Å²) in [5.41, 5.74) is 0.901. The number of benzene rings is 2. The second kappa shape index (κ2) is 9.07. The predicted octanol–water partition coefficient (Wildman–Crippen LogP) is 4.42. The van der Waals surface area contributed by atoms with Crippen LogP contribution in [0.25, 0.3) is 10.9 Å². The number of halogens is 4. The van der Waals surface area contributed by atoms with Crippen molar-refractivity contribution in [3.8, 4) is 0 Å². The monoisotopic (exact) mass is 482 g/mol. The fourth-order valence-corrected chi connectivity index (χ4v) is 4.64. The molecule has 0 spiro atoms. The lowest BCUT2D eigenvalue weighted by molar-refractivity contribution is -0.144. The Hall–Kier alpha value is -2.66. The summed E-state index contributed by atoms with van der Waals surface area (Å²) in [5.74, 6) is -1.09. The number of anilines is 1. The highest BCUT2D eigenvalue weighted by Crippen LogP contribution is 2.27. The highest BCUT2D eigenvalue weighted by Gasteiger charge is 2.34. The zero-order chi connectivity index (χ0) is 22.9. The number of hydrogen-bond acceptors (Lipinski definition) is 5. The SMILES string of the molecule is O=c1[nH]c(C(F)(F)F)nc2ccc(CSC(=S)N3CCN(c4ccc(F)cc4)CC3)cc12. The Kier molecular flexibility index (Phi) is 6.38. The van der Waals surface area contributed by atoms with Gasteiger partial charge in [-0.1, -0.05) is 30.0 Å². The van der Waals surface area contributed by atoms with Crippen LogP contribution in [0.1, 0.15) is 11.4 Å². The van der Waals surface area contributed by atoms with Crippen molar-refractivity contribution in [3.05, 3.63) is 70.0 Å². The van der Waals surface area contributed by atoms with Gasteiger partial charge < -0.3 is 14.8 Å². The molecule has 168 valence electrons. The second-order valence-corrected chi connectivity index (χ2v) is 8.88. The molecule has 2 aromatic carbocycles. The highest BCUT2D eigenvalue weighted by molar-refractivity contribution is 8.22. The van der Waals surface area contributed by atoms with E-state index in [9.17, 15) is 22.4 Å². The third-order valence-corrected chi connectivity index (χ3v) is 6.72. The molecule has 11 heteroatoms. The Balaban J connectivity index is 1.36. The summed E-state index contributed by atoms with van der Waals surface area (Å²) in [6, 6.07) is 11.0. The van der Waals surface area contributed by atoms with Gasteiger partial charge >= 0.3 is 6.18 Å². The minimum Gasteiger partial charge on any atom is -0.368 e. The molecule has 1 saturated heterocycles. The molecule has 1 aliphatic rings. The summed E-state index contributed by atoms with van der Waals surface area (Å²) in [5, 5.41) is 0.106. The highest BCUT2D eigenvalue weighted by atomic mass is 32.2. The normalized spacial score (nSPS) is 14.8. The van der Waals surface area contributed by atoms with Gasteiger partial charge in [-0.15, -0.1) is 0 Å². The molecule has 32 heavy (non-hydrogen) atoms. The first-order chi connectivity index (χ1) is 15.2. The lowest BCUT2D eigenvalue weighted by atomic mass is 10.1. The predicted molar refractivity (Wildman–Crippen MR) is 121 cm³/mol. The van der Waals surface area contributed by atoms with Crippen molar-refractivity contribution < 1.29 is 17.6 Å². The largest absolute Gasteiger partial charge is 0.449 e. The van der Waals surface area contributed by atoms with Crippen LogP contribution in [0.5, 0.6) is 0 Å². The van der Waals surface area contributed by atoms with Gasteiger partial charge in [-0.2, -0.15) is 13.2 Å². The Bertz CT molecular complexity index is 1190. The standard InChI is InChI=1S/C21H18F4N4OS2/c22-14-2-4-15(5-3-14)28-7-9-29(10-8-28)20(31)32-12-13-1-6-17-16(11-13)18(30)27-19(26-17)21(23,24)25/h1-6,11H,7-10,12H2,(H,26,27,30). The van der Waals surface area contributed by atoms with Crippen molar-refractivity contribution in [2.75, 3.05) is 31.1 Å². The quantitative estimate of drug-likeness (QED) is 0.441. The van der Waals surface area contributed by atoms with Crippen LogP contribution in [-0.2, 0) is 11.9 Å². The number of aromatic nitrogens is 2. The van der Waals surface area contributed by atoms with Crippen molar-refractivity contribution in [2.45, 2.75) is 11.9 Å². The molecule has 5 nitrogen and oxygen atoms in total. The summed E-state index contributed by atoms with van der Waals surface area (Å²) in [6.45, 7) is 2.96. The summed E-state index contributed by atoms with van der Waals surface area (Å²) < 4.78 is 52.3. The Morgan fingerprint density at radius 2 is 1.78 bits per heavy atom. The number of piperazine rings is 1. The first-order valence-corrected chi connectivity index (χ1v) is 11.1. The molecule has 2 heterocycles. The molecule has 0 unspecified atom stereocenters. The molecule has 0 saturated carbocycles. The van der Waals surface area contributed by atoms with Crippen LogP contribution in [0.2, 0.25) is 0 Å². The smallest absolute Gasteiger partial charge is 0.368 e. The molecule has 0 radical (unpaired) electrons. The lowest BCUT2D eigenvalue weighted by Gasteiger charge is -2.37. The van der Waals surface area contributed by atoms with Crippen LogP contribution in [0, 0.1) is 5.82 Å². The number of nitrogens with one attached hydrogen (secondary N) is 1. The Morgan fingerprint density at radius 3 is 2.44 bits per heavy atom. The number of thiocarbonyl (C=S) groups is 1. The second-order valence-electron chi connectivity index (χ2n) is 7.27. The number of nitrogens with zero attached hydrogens (tertiary/aromatic N) is 3. The van der Waals surface area contributed by atoms with Crippen molar-refractivity contribution in [1.29, 1.82) is 0 Å². The maximum absolute atomic E-state index is 13.1. The molecule has 1 fully saturated rings. The lowest BCUT2D eigenvalue weighted by Crippen LogP contribution is -2.47. The van der Waals surface area contributed by atoms with Crippen LogP contribution in [0.4, 0.5) is 23.2 Å². The van der Waals surface area contributed by atoms with Crippen molar-refractivity contribution in [1.82, 2.24) is 14.9 Å². The topological polar surface area (TPSA) is 52.2 Å². The van der Waals surface area contributed by atoms with E-state index in [1.807, 2.05) is 0 Å². The number of rotatable bonds is 3. The molecule has 1 aromatic heterocycles. The fourth-order valence-electron chi connectivity index (χ4n) is 3.45. The average molecular weight is 483 g/mol. The number of thioether (sulfide) groups is 1. The van der Waals surface area contributed by atoms with Gasteiger partial charge in [0.1, 0.15) is 10.1 Å². The number of H-pyrrole nitrogens is 1. The number of fused-ring (bicyclic) bond motifs is 1. The van der Waals surface area contributed by atoms with Gasteiger partial charge in [0.05, 0.1) is 10.9 Å². The number of hydrogen-bond donors (Lipinski definition) is 1. The minimum atomic E-state index is -4.71. The van der Waals surface area contributed by atoms with Crippen LogP contribution in [-0.4, -0.2) is 45.4 Å². The Morgan fingerprint density at radius 1 is 1.09 bits per heavy atom. The number of alkyl halides is 3. The summed E-state index contributed by atoms with van der Waals surface area (Å²) in [7, 11) is 0. The molecule has 1 aliphatic heterocycles. The van der Waals surface area contributed by atoms with Crippen LogP contribution < -0.4 is 10.5 Å². The molecular weight excluding hydrogens is 464 g/mol. The van der Waals surface area contributed by atoms with Crippen molar-refractivity contribution in [2.24, 2.45) is 0 Å². The third-order valence-electron chi connectivity index (χ3n) is 5.13. The van der Waals surface area contributed by atoms with Crippen LogP contribution >= 0.6 is 24.0 Å². The van der Waals surface area contributed by atoms with E-state index in [0.29, 0.717) is 10.1 Å². The van der Waals surface area contributed by atoms with Gasteiger partial charge in [-0.3, -0.25) is 4.79 Å². The van der Waals surface area contributed by atoms with Gasteiger partial charge in [0.2, 0.25) is 5.82 Å².